The molecule has 1 unspecified atom stereocenters. The molecule has 1 aromatic heterocycles. The number of aromatic nitrogens is 1. The van der Waals surface area contributed by atoms with Crippen LogP contribution in [0.4, 0.5) is 0 Å². The lowest BCUT2D eigenvalue weighted by Crippen LogP contribution is -2.19. The quantitative estimate of drug-likeness (QED) is 0.841. The van der Waals surface area contributed by atoms with Gasteiger partial charge in [0.15, 0.2) is 0 Å². The third-order valence-electron chi connectivity index (χ3n) is 3.28. The molecule has 2 aromatic rings. The number of rotatable bonds is 7. The van der Waals surface area contributed by atoms with Gasteiger partial charge >= 0.3 is 0 Å². The van der Waals surface area contributed by atoms with Crippen LogP contribution in [0.5, 0.6) is 5.75 Å². The van der Waals surface area contributed by atoms with Gasteiger partial charge in [-0.1, -0.05) is 42.5 Å². The minimum absolute atomic E-state index is 0.478. The lowest BCUT2D eigenvalue weighted by molar-refractivity contribution is 0.305. The lowest BCUT2D eigenvalue weighted by Gasteiger charge is -2.07. The van der Waals surface area contributed by atoms with E-state index in [0.717, 1.165) is 23.3 Å². The molecule has 0 amide bonds. The summed E-state index contributed by atoms with van der Waals surface area (Å²) in [5, 5.41) is 3.21. The summed E-state index contributed by atoms with van der Waals surface area (Å²) < 4.78 is 5.77. The second-order valence-corrected chi connectivity index (χ2v) is 5.06. The Morgan fingerprint density at radius 1 is 1.24 bits per heavy atom. The van der Waals surface area contributed by atoms with Gasteiger partial charge in [0.1, 0.15) is 12.4 Å². The second kappa shape index (κ2) is 8.22. The van der Waals surface area contributed by atoms with E-state index < -0.39 is 0 Å². The van der Waals surface area contributed by atoms with Crippen molar-refractivity contribution in [3.8, 4) is 5.75 Å². The van der Waals surface area contributed by atoms with Crippen LogP contribution in [0, 0.1) is 0 Å². The zero-order valence-electron chi connectivity index (χ0n) is 12.6. The Morgan fingerprint density at radius 3 is 2.81 bits per heavy atom. The summed E-state index contributed by atoms with van der Waals surface area (Å²) in [6.45, 7) is 2.72. The molecule has 0 spiro atoms. The van der Waals surface area contributed by atoms with Gasteiger partial charge in [-0.3, -0.25) is 4.98 Å². The van der Waals surface area contributed by atoms with Gasteiger partial charge in [-0.2, -0.15) is 0 Å². The maximum atomic E-state index is 5.77. The van der Waals surface area contributed by atoms with E-state index in [2.05, 4.69) is 41.5 Å². The number of nitrogens with one attached hydrogen (secondary N) is 1. The average Bonchev–Trinajstić information content (AvgIpc) is 2.54. The zero-order valence-corrected chi connectivity index (χ0v) is 12.6. The summed E-state index contributed by atoms with van der Waals surface area (Å²) in [6, 6.07) is 12.6. The highest BCUT2D eigenvalue weighted by molar-refractivity contribution is 5.49. The van der Waals surface area contributed by atoms with Gasteiger partial charge in [0, 0.05) is 12.2 Å². The van der Waals surface area contributed by atoms with E-state index in [1.807, 2.05) is 37.5 Å². The van der Waals surface area contributed by atoms with Crippen molar-refractivity contribution < 1.29 is 4.74 Å². The molecule has 0 saturated heterocycles. The topological polar surface area (TPSA) is 34.2 Å². The molecule has 1 atom stereocenters. The van der Waals surface area contributed by atoms with E-state index in [-0.39, 0.29) is 0 Å². The van der Waals surface area contributed by atoms with E-state index in [1.54, 1.807) is 6.20 Å². The lowest BCUT2D eigenvalue weighted by atomic mass is 10.2. The highest BCUT2D eigenvalue weighted by Gasteiger charge is 1.98. The molecule has 0 aliphatic rings. The van der Waals surface area contributed by atoms with Gasteiger partial charge in [-0.05, 0) is 37.6 Å². The highest BCUT2D eigenvalue weighted by Crippen LogP contribution is 2.14. The molecule has 0 bridgehead atoms. The molecular weight excluding hydrogens is 260 g/mol. The van der Waals surface area contributed by atoms with Crippen molar-refractivity contribution in [2.45, 2.75) is 26.0 Å². The summed E-state index contributed by atoms with van der Waals surface area (Å²) in [5.74, 6) is 0.794. The third-order valence-corrected chi connectivity index (χ3v) is 3.28. The molecule has 21 heavy (non-hydrogen) atoms. The molecule has 0 fully saturated rings. The summed E-state index contributed by atoms with van der Waals surface area (Å²) in [7, 11) is 1.97. The SMILES string of the molecule is CNC(C)C/C=C/c1cncc(OCc2ccccc2)c1. The van der Waals surface area contributed by atoms with Crippen molar-refractivity contribution in [1.82, 2.24) is 10.3 Å². The molecule has 1 aromatic carbocycles. The first-order valence-corrected chi connectivity index (χ1v) is 7.23. The molecule has 1 N–H and O–H groups in total. The first kappa shape index (κ1) is 15.3. The number of nitrogens with zero attached hydrogens (tertiary/aromatic N) is 1. The first-order chi connectivity index (χ1) is 10.3. The summed E-state index contributed by atoms with van der Waals surface area (Å²) in [4.78, 5) is 4.22. The van der Waals surface area contributed by atoms with Gasteiger partial charge in [0.25, 0.3) is 0 Å². The molecule has 0 saturated carbocycles. The highest BCUT2D eigenvalue weighted by atomic mass is 16.5. The van der Waals surface area contributed by atoms with Crippen LogP contribution in [0.25, 0.3) is 6.08 Å². The van der Waals surface area contributed by atoms with Crippen LogP contribution < -0.4 is 10.1 Å². The molecule has 0 radical (unpaired) electrons. The monoisotopic (exact) mass is 282 g/mol. The number of ether oxygens (including phenoxy) is 1. The van der Waals surface area contributed by atoms with Gasteiger partial charge in [-0.25, -0.2) is 0 Å². The maximum Gasteiger partial charge on any atom is 0.138 e. The van der Waals surface area contributed by atoms with Crippen LogP contribution in [0.1, 0.15) is 24.5 Å². The van der Waals surface area contributed by atoms with E-state index in [1.165, 1.54) is 0 Å². The van der Waals surface area contributed by atoms with Crippen LogP contribution in [0.2, 0.25) is 0 Å². The van der Waals surface area contributed by atoms with Gasteiger partial charge in [0.2, 0.25) is 0 Å². The Labute approximate surface area is 126 Å². The third kappa shape index (κ3) is 5.40. The molecule has 3 nitrogen and oxygen atoms in total. The van der Waals surface area contributed by atoms with E-state index >= 15 is 0 Å². The normalized spacial score (nSPS) is 12.5. The number of benzene rings is 1. The number of hydrogen-bond donors (Lipinski definition) is 1. The van der Waals surface area contributed by atoms with Crippen LogP contribution >= 0.6 is 0 Å². The number of hydrogen-bond acceptors (Lipinski definition) is 3. The average molecular weight is 282 g/mol. The Hall–Kier alpha value is -2.13. The molecule has 2 rings (SSSR count). The Morgan fingerprint density at radius 2 is 2.05 bits per heavy atom. The minimum Gasteiger partial charge on any atom is -0.487 e. The van der Waals surface area contributed by atoms with Crippen molar-refractivity contribution in [2.24, 2.45) is 0 Å². The Bertz CT molecular complexity index is 566. The molecule has 0 aliphatic carbocycles. The summed E-state index contributed by atoms with van der Waals surface area (Å²) >= 11 is 0. The molecule has 1 heterocycles. The maximum absolute atomic E-state index is 5.77. The predicted molar refractivity (Wildman–Crippen MR) is 87.2 cm³/mol. The molecular formula is C18H22N2O. The standard InChI is InChI=1S/C18H22N2O/c1-15(19-2)7-6-10-17-11-18(13-20-12-17)21-14-16-8-4-3-5-9-16/h3-6,8-13,15,19H,7,14H2,1-2H3/b10-6+. The van der Waals surface area contributed by atoms with E-state index in [4.69, 9.17) is 4.74 Å². The first-order valence-electron chi connectivity index (χ1n) is 7.23. The predicted octanol–water partition coefficient (Wildman–Crippen LogP) is 3.67. The van der Waals surface area contributed by atoms with Gasteiger partial charge < -0.3 is 10.1 Å². The van der Waals surface area contributed by atoms with Crippen LogP contribution in [0.3, 0.4) is 0 Å². The Balaban J connectivity index is 1.91. The van der Waals surface area contributed by atoms with E-state index in [9.17, 15) is 0 Å². The van der Waals surface area contributed by atoms with E-state index in [0.29, 0.717) is 12.6 Å². The molecule has 110 valence electrons. The summed E-state index contributed by atoms with van der Waals surface area (Å²) in [6.07, 6.45) is 8.81. The van der Waals surface area contributed by atoms with Crippen molar-refractivity contribution in [3.05, 3.63) is 66.0 Å². The fraction of sp³-hybridized carbons (Fsp3) is 0.278. The summed E-state index contributed by atoms with van der Waals surface area (Å²) in [5.41, 5.74) is 2.21. The second-order valence-electron chi connectivity index (χ2n) is 5.06. The largest absolute Gasteiger partial charge is 0.487 e. The fourth-order valence-corrected chi connectivity index (χ4v) is 1.87. The van der Waals surface area contributed by atoms with Gasteiger partial charge in [-0.15, -0.1) is 0 Å². The van der Waals surface area contributed by atoms with Gasteiger partial charge in [0.05, 0.1) is 6.20 Å². The van der Waals surface area contributed by atoms with Crippen molar-refractivity contribution >= 4 is 6.08 Å². The van der Waals surface area contributed by atoms with Crippen LogP contribution in [0.15, 0.2) is 54.9 Å². The van der Waals surface area contributed by atoms with Crippen LogP contribution in [-0.4, -0.2) is 18.1 Å². The molecule has 0 aliphatic heterocycles. The molecule has 3 heteroatoms. The van der Waals surface area contributed by atoms with Crippen molar-refractivity contribution in [3.63, 3.8) is 0 Å². The van der Waals surface area contributed by atoms with Crippen molar-refractivity contribution in [2.75, 3.05) is 7.05 Å². The Kier molecular flexibility index (Phi) is 5.98. The van der Waals surface area contributed by atoms with Crippen molar-refractivity contribution in [1.29, 1.82) is 0 Å². The smallest absolute Gasteiger partial charge is 0.138 e. The fourth-order valence-electron chi connectivity index (χ4n) is 1.87. The zero-order chi connectivity index (χ0) is 14.9. The number of pyridine rings is 1. The minimum atomic E-state index is 0.478. The van der Waals surface area contributed by atoms with Crippen LogP contribution in [-0.2, 0) is 6.61 Å².